The van der Waals surface area contributed by atoms with Crippen LogP contribution in [0.2, 0.25) is 0 Å². The first-order chi connectivity index (χ1) is 10.9. The van der Waals surface area contributed by atoms with Gasteiger partial charge in [0, 0.05) is 24.3 Å². The minimum absolute atomic E-state index is 0.0131. The van der Waals surface area contributed by atoms with Crippen LogP contribution in [-0.4, -0.2) is 48.6 Å². The van der Waals surface area contributed by atoms with Gasteiger partial charge in [0.15, 0.2) is 0 Å². The van der Waals surface area contributed by atoms with Gasteiger partial charge in [-0.3, -0.25) is 9.59 Å². The number of carbonyl (C=O) groups excluding carboxylic acids is 2. The van der Waals surface area contributed by atoms with E-state index in [1.165, 1.54) is 0 Å². The van der Waals surface area contributed by atoms with Crippen LogP contribution in [0.1, 0.15) is 37.0 Å². The van der Waals surface area contributed by atoms with Gasteiger partial charge in [0.1, 0.15) is 0 Å². The number of nitrogens with one attached hydrogen (secondary N) is 1. The van der Waals surface area contributed by atoms with E-state index in [0.29, 0.717) is 44.0 Å². The number of amides is 2. The number of benzene rings is 1. The fourth-order valence-corrected chi connectivity index (χ4v) is 2.55. The Morgan fingerprint density at radius 1 is 1.26 bits per heavy atom. The van der Waals surface area contributed by atoms with Crippen LogP contribution in [0.15, 0.2) is 24.3 Å². The van der Waals surface area contributed by atoms with Gasteiger partial charge in [-0.05, 0) is 37.6 Å². The van der Waals surface area contributed by atoms with Crippen LogP contribution in [0.25, 0.3) is 0 Å². The third kappa shape index (κ3) is 4.53. The molecule has 23 heavy (non-hydrogen) atoms. The van der Waals surface area contributed by atoms with E-state index in [9.17, 15) is 9.59 Å². The number of ether oxygens (including phenoxy) is 1. The topological polar surface area (TPSA) is 84.7 Å². The highest BCUT2D eigenvalue weighted by atomic mass is 16.5. The summed E-state index contributed by atoms with van der Waals surface area (Å²) >= 11 is 0. The van der Waals surface area contributed by atoms with Gasteiger partial charge < -0.3 is 20.7 Å². The van der Waals surface area contributed by atoms with Crippen LogP contribution in [0.4, 0.5) is 5.69 Å². The quantitative estimate of drug-likeness (QED) is 0.863. The second kappa shape index (κ2) is 7.57. The molecule has 1 atom stereocenters. The standard InChI is InChI=1S/C17H25N3O3/c1-3-8-17(2,18)16(22)19-14-6-4-13(5-7-14)15(21)20-9-11-23-12-10-20/h4-7H,3,8-12,18H2,1-2H3,(H,19,22). The number of hydrogen-bond donors (Lipinski definition) is 2. The minimum atomic E-state index is -0.892. The smallest absolute Gasteiger partial charge is 0.254 e. The number of rotatable bonds is 5. The van der Waals surface area contributed by atoms with Gasteiger partial charge in [0.2, 0.25) is 5.91 Å². The highest BCUT2D eigenvalue weighted by Gasteiger charge is 2.27. The molecule has 0 aromatic heterocycles. The molecule has 1 fully saturated rings. The van der Waals surface area contributed by atoms with E-state index in [4.69, 9.17) is 10.5 Å². The molecule has 1 aliphatic rings. The summed E-state index contributed by atoms with van der Waals surface area (Å²) in [5.74, 6) is -0.229. The number of anilines is 1. The van der Waals surface area contributed by atoms with Crippen molar-refractivity contribution in [1.82, 2.24) is 4.90 Å². The molecule has 2 rings (SSSR count). The summed E-state index contributed by atoms with van der Waals surface area (Å²) in [4.78, 5) is 26.3. The number of morpholine rings is 1. The Balaban J connectivity index is 1.99. The first-order valence-electron chi connectivity index (χ1n) is 8.01. The van der Waals surface area contributed by atoms with E-state index >= 15 is 0 Å². The van der Waals surface area contributed by atoms with Gasteiger partial charge in [-0.2, -0.15) is 0 Å². The number of carbonyl (C=O) groups is 2. The van der Waals surface area contributed by atoms with E-state index in [0.717, 1.165) is 6.42 Å². The van der Waals surface area contributed by atoms with Crippen molar-refractivity contribution in [2.75, 3.05) is 31.6 Å². The molecule has 0 bridgehead atoms. The van der Waals surface area contributed by atoms with Crippen molar-refractivity contribution in [3.63, 3.8) is 0 Å². The van der Waals surface area contributed by atoms with Crippen molar-refractivity contribution in [2.45, 2.75) is 32.2 Å². The Kier molecular flexibility index (Phi) is 5.74. The summed E-state index contributed by atoms with van der Waals surface area (Å²) in [6, 6.07) is 6.91. The summed E-state index contributed by atoms with van der Waals surface area (Å²) in [6.07, 6.45) is 1.46. The van der Waals surface area contributed by atoms with Gasteiger partial charge in [0.25, 0.3) is 5.91 Å². The summed E-state index contributed by atoms with van der Waals surface area (Å²) in [7, 11) is 0. The lowest BCUT2D eigenvalue weighted by Crippen LogP contribution is -2.48. The van der Waals surface area contributed by atoms with Gasteiger partial charge in [0.05, 0.1) is 18.8 Å². The van der Waals surface area contributed by atoms with Gasteiger partial charge in [-0.15, -0.1) is 0 Å². The van der Waals surface area contributed by atoms with E-state index in [1.54, 1.807) is 36.1 Å². The first kappa shape index (κ1) is 17.4. The lowest BCUT2D eigenvalue weighted by Gasteiger charge is -2.27. The summed E-state index contributed by atoms with van der Waals surface area (Å²) in [5.41, 5.74) is 6.36. The van der Waals surface area contributed by atoms with Crippen LogP contribution in [0, 0.1) is 0 Å². The molecule has 126 valence electrons. The van der Waals surface area contributed by atoms with E-state index < -0.39 is 5.54 Å². The Bertz CT molecular complexity index is 549. The molecule has 0 spiro atoms. The van der Waals surface area contributed by atoms with E-state index in [2.05, 4.69) is 5.32 Å². The number of hydrogen-bond acceptors (Lipinski definition) is 4. The normalized spacial score (nSPS) is 17.4. The average molecular weight is 319 g/mol. The molecular weight excluding hydrogens is 294 g/mol. The fraction of sp³-hybridized carbons (Fsp3) is 0.529. The van der Waals surface area contributed by atoms with Crippen LogP contribution in [0.5, 0.6) is 0 Å². The third-order valence-electron chi connectivity index (χ3n) is 3.98. The summed E-state index contributed by atoms with van der Waals surface area (Å²) in [6.45, 7) is 6.09. The highest BCUT2D eigenvalue weighted by molar-refractivity contribution is 5.98. The Labute approximate surface area is 137 Å². The molecule has 0 saturated carbocycles. The van der Waals surface area contributed by atoms with Crippen molar-refractivity contribution in [3.8, 4) is 0 Å². The monoisotopic (exact) mass is 319 g/mol. The van der Waals surface area contributed by atoms with Crippen molar-refractivity contribution in [2.24, 2.45) is 5.73 Å². The summed E-state index contributed by atoms with van der Waals surface area (Å²) in [5, 5.41) is 2.80. The SMILES string of the molecule is CCCC(C)(N)C(=O)Nc1ccc(C(=O)N2CCOCC2)cc1. The van der Waals surface area contributed by atoms with E-state index in [1.807, 2.05) is 6.92 Å². The van der Waals surface area contributed by atoms with Crippen LogP contribution < -0.4 is 11.1 Å². The molecule has 1 saturated heterocycles. The average Bonchev–Trinajstić information content (AvgIpc) is 2.55. The van der Waals surface area contributed by atoms with Crippen molar-refractivity contribution in [1.29, 1.82) is 0 Å². The summed E-state index contributed by atoms with van der Waals surface area (Å²) < 4.78 is 5.25. The molecule has 3 N–H and O–H groups in total. The molecule has 1 aliphatic heterocycles. The number of nitrogens with zero attached hydrogens (tertiary/aromatic N) is 1. The lowest BCUT2D eigenvalue weighted by atomic mass is 9.96. The van der Waals surface area contributed by atoms with Crippen molar-refractivity contribution < 1.29 is 14.3 Å². The van der Waals surface area contributed by atoms with Gasteiger partial charge in [-0.1, -0.05) is 13.3 Å². The Morgan fingerprint density at radius 3 is 2.43 bits per heavy atom. The molecule has 1 aromatic carbocycles. The lowest BCUT2D eigenvalue weighted by molar-refractivity contribution is -0.120. The zero-order valence-electron chi connectivity index (χ0n) is 13.8. The zero-order chi connectivity index (χ0) is 16.9. The Hall–Kier alpha value is -1.92. The number of nitrogens with two attached hydrogens (primary N) is 1. The molecule has 2 amide bonds. The fourth-order valence-electron chi connectivity index (χ4n) is 2.55. The maximum absolute atomic E-state index is 12.3. The van der Waals surface area contributed by atoms with Crippen LogP contribution in [0.3, 0.4) is 0 Å². The maximum atomic E-state index is 12.3. The van der Waals surface area contributed by atoms with Crippen molar-refractivity contribution >= 4 is 17.5 Å². The molecule has 6 nitrogen and oxygen atoms in total. The maximum Gasteiger partial charge on any atom is 0.254 e. The van der Waals surface area contributed by atoms with Gasteiger partial charge in [-0.25, -0.2) is 0 Å². The van der Waals surface area contributed by atoms with E-state index in [-0.39, 0.29) is 11.8 Å². The Morgan fingerprint density at radius 2 is 1.87 bits per heavy atom. The molecule has 1 heterocycles. The molecule has 0 radical (unpaired) electrons. The molecule has 1 aromatic rings. The molecule has 0 aliphatic carbocycles. The molecular formula is C17H25N3O3. The predicted octanol–water partition coefficient (Wildman–Crippen LogP) is 1.61. The first-order valence-corrected chi connectivity index (χ1v) is 8.01. The third-order valence-corrected chi connectivity index (χ3v) is 3.98. The molecule has 1 unspecified atom stereocenters. The van der Waals surface area contributed by atoms with Crippen LogP contribution in [-0.2, 0) is 9.53 Å². The minimum Gasteiger partial charge on any atom is -0.378 e. The van der Waals surface area contributed by atoms with Crippen molar-refractivity contribution in [3.05, 3.63) is 29.8 Å². The van der Waals surface area contributed by atoms with Gasteiger partial charge >= 0.3 is 0 Å². The highest BCUT2D eigenvalue weighted by Crippen LogP contribution is 2.16. The second-order valence-electron chi connectivity index (χ2n) is 6.10. The predicted molar refractivity (Wildman–Crippen MR) is 89.3 cm³/mol. The largest absolute Gasteiger partial charge is 0.378 e. The zero-order valence-corrected chi connectivity index (χ0v) is 13.8. The second-order valence-corrected chi connectivity index (χ2v) is 6.10. The van der Waals surface area contributed by atoms with Crippen LogP contribution >= 0.6 is 0 Å². The molecule has 6 heteroatoms.